The Hall–Kier alpha value is -0.653. The van der Waals surface area contributed by atoms with Gasteiger partial charge in [0.15, 0.2) is 0 Å². The molecule has 0 bridgehead atoms. The fourth-order valence-corrected chi connectivity index (χ4v) is 3.55. The zero-order valence-electron chi connectivity index (χ0n) is 20.4. The zero-order valence-corrected chi connectivity index (χ0v) is 22.3. The van der Waals surface area contributed by atoms with Crippen molar-refractivity contribution < 1.29 is 47.8 Å². The number of aliphatic hydroxyl groups excluding tert-OH is 2. The van der Waals surface area contributed by atoms with Crippen molar-refractivity contribution in [3.63, 3.8) is 0 Å². The van der Waals surface area contributed by atoms with Gasteiger partial charge in [-0.3, -0.25) is 4.79 Å². The van der Waals surface area contributed by atoms with Crippen LogP contribution < -0.4 is 0 Å². The summed E-state index contributed by atoms with van der Waals surface area (Å²) in [6.45, 7) is 3.66. The molecule has 0 aromatic carbocycles. The molecule has 6 N–H and O–H groups in total. The average molecular weight is 519 g/mol. The van der Waals surface area contributed by atoms with E-state index < -0.39 is 29.0 Å². The lowest BCUT2D eigenvalue weighted by Gasteiger charge is -2.03. The summed E-state index contributed by atoms with van der Waals surface area (Å²) in [4.78, 5) is 33.8. The second-order valence-corrected chi connectivity index (χ2v) is 10.3. The molecule has 0 heterocycles. The third-order valence-electron chi connectivity index (χ3n) is 4.46. The predicted molar refractivity (Wildman–Crippen MR) is 128 cm³/mol. The van der Waals surface area contributed by atoms with Gasteiger partial charge in [0.1, 0.15) is 0 Å². The number of hydrogen-bond acceptors (Lipinski definition) is 9. The van der Waals surface area contributed by atoms with E-state index in [1.165, 1.54) is 90.4 Å². The first-order chi connectivity index (χ1) is 15.5. The number of unbranched alkanes of at least 4 members (excludes halogenated alkanes) is 14. The minimum Gasteiger partial charge on any atom is -0.481 e. The molecule has 0 saturated carbocycles. The summed E-state index contributed by atoms with van der Waals surface area (Å²) in [6.07, 6.45) is 19.6. The van der Waals surface area contributed by atoms with E-state index >= 15 is 0 Å². The van der Waals surface area contributed by atoms with E-state index in [-0.39, 0.29) is 6.61 Å². The molecule has 1 unspecified atom stereocenters. The highest BCUT2D eigenvalue weighted by Gasteiger charge is 2.33. The van der Waals surface area contributed by atoms with Crippen molar-refractivity contribution in [3.05, 3.63) is 0 Å². The molecule has 33 heavy (non-hydrogen) atoms. The van der Waals surface area contributed by atoms with E-state index in [4.69, 9.17) is 29.7 Å². The molecule has 0 spiro atoms. The van der Waals surface area contributed by atoms with Gasteiger partial charge in [-0.05, 0) is 13.3 Å². The van der Waals surface area contributed by atoms with Crippen molar-refractivity contribution >= 4 is 22.9 Å². The Labute approximate surface area is 200 Å². The minimum atomic E-state index is -4.82. The van der Waals surface area contributed by atoms with E-state index in [0.29, 0.717) is 6.42 Å². The standard InChI is InChI=1S/C18H36O2.C3H8O2.H3O6PSi/c1-2-3-4-5-6-7-8-9-10-11-12-13-14-15-16-17-18(19)20;1-3(5)2-4;1-7(2)6-8(3,4)5/h2-17H2,1H3,(H,19,20);3-5H,2H2,1H3;3-5H. The normalized spacial score (nSPS) is 11.6. The molecule has 0 aliphatic rings. The predicted octanol–water partition coefficient (Wildman–Crippen LogP) is 4.20. The molecule has 12 heteroatoms. The van der Waals surface area contributed by atoms with Crippen LogP contribution in [0.4, 0.5) is 0 Å². The third kappa shape index (κ3) is 49.5. The highest BCUT2D eigenvalue weighted by molar-refractivity contribution is 7.26. The molecule has 0 aromatic heterocycles. The minimum absolute atomic E-state index is 0.139. The van der Waals surface area contributed by atoms with E-state index in [0.717, 1.165) is 12.8 Å². The van der Waals surface area contributed by atoms with Crippen molar-refractivity contribution in [3.8, 4) is 0 Å². The Morgan fingerprint density at radius 2 is 1.09 bits per heavy atom. The van der Waals surface area contributed by atoms with Crippen molar-refractivity contribution in [2.45, 2.75) is 123 Å². The van der Waals surface area contributed by atoms with E-state index in [9.17, 15) is 13.9 Å². The molecule has 0 radical (unpaired) electrons. The van der Waals surface area contributed by atoms with Gasteiger partial charge in [0.25, 0.3) is 0 Å². The Bertz CT molecular complexity index is 474. The van der Waals surface area contributed by atoms with Crippen LogP contribution in [-0.4, -0.2) is 57.4 Å². The van der Waals surface area contributed by atoms with Crippen LogP contribution in [0.3, 0.4) is 0 Å². The second kappa shape index (κ2) is 27.6. The van der Waals surface area contributed by atoms with Crippen molar-refractivity contribution in [1.29, 1.82) is 0 Å². The van der Waals surface area contributed by atoms with Gasteiger partial charge in [0, 0.05) is 6.42 Å². The first-order valence-corrected chi connectivity index (χ1v) is 14.8. The molecule has 10 nitrogen and oxygen atoms in total. The van der Waals surface area contributed by atoms with E-state index in [1.54, 1.807) is 0 Å². The number of aliphatic hydroxyl groups is 2. The summed E-state index contributed by atoms with van der Waals surface area (Å²) in [5, 5.41) is 24.5. The molecule has 0 saturated heterocycles. The molecule has 0 rings (SSSR count). The number of hydrogen-bond donors (Lipinski definition) is 6. The van der Waals surface area contributed by atoms with Crippen LogP contribution in [-0.2, 0) is 18.1 Å². The first-order valence-electron chi connectivity index (χ1n) is 12.0. The molecule has 1 atom stereocenters. The van der Waals surface area contributed by atoms with Crippen LogP contribution in [0.25, 0.3) is 0 Å². The number of carboxylic acid groups (broad SMARTS) is 1. The number of aliphatic carboxylic acids is 1. The summed E-state index contributed by atoms with van der Waals surface area (Å²) < 4.78 is 22.0. The van der Waals surface area contributed by atoms with Gasteiger partial charge < -0.3 is 29.7 Å². The lowest BCUT2D eigenvalue weighted by atomic mass is 10.0. The quantitative estimate of drug-likeness (QED) is 0.0823. The van der Waals surface area contributed by atoms with Gasteiger partial charge in [-0.15, -0.1) is 0 Å². The molecule has 0 amide bonds. The van der Waals surface area contributed by atoms with Crippen LogP contribution in [0, 0.1) is 0 Å². The Morgan fingerprint density at radius 3 is 1.27 bits per heavy atom. The summed E-state index contributed by atoms with van der Waals surface area (Å²) >= 11 is 0. The molecule has 200 valence electrons. The second-order valence-electron chi connectivity index (χ2n) is 8.01. The molecular weight excluding hydrogens is 471 g/mol. The largest absolute Gasteiger partial charge is 0.683 e. The Kier molecular flexibility index (Phi) is 30.9. The molecule has 0 aliphatic heterocycles. The van der Waals surface area contributed by atoms with E-state index in [2.05, 4.69) is 11.1 Å². The summed E-state index contributed by atoms with van der Waals surface area (Å²) in [5.74, 6) is -0.653. The van der Waals surface area contributed by atoms with Gasteiger partial charge >= 0.3 is 22.9 Å². The summed E-state index contributed by atoms with van der Waals surface area (Å²) in [7, 11) is -8.19. The zero-order chi connectivity index (χ0) is 26.0. The van der Waals surface area contributed by atoms with Gasteiger partial charge in [-0.1, -0.05) is 96.8 Å². The first kappa shape index (κ1) is 36.9. The SMILES string of the molecule is CC(O)CO.CCCCCCCCCCCCCCCCCC(=O)O.O=P(=O)O[Si](O)(O)O. The topological polar surface area (TPSA) is 182 Å². The molecular formula is C21H47O10PSi. The van der Waals surface area contributed by atoms with Crippen LogP contribution in [0.5, 0.6) is 0 Å². The number of carbonyl (C=O) groups is 1. The van der Waals surface area contributed by atoms with Crippen molar-refractivity contribution in [2.24, 2.45) is 0 Å². The maximum absolute atomic E-state index is 10.3. The summed E-state index contributed by atoms with van der Waals surface area (Å²) in [5.41, 5.74) is 0. The fourth-order valence-electron chi connectivity index (χ4n) is 2.75. The lowest BCUT2D eigenvalue weighted by Crippen LogP contribution is -2.35. The molecule has 0 aromatic rings. The molecule has 0 aliphatic carbocycles. The Balaban J connectivity index is -0.000000565. The van der Waals surface area contributed by atoms with Gasteiger partial charge in [-0.2, -0.15) is 0 Å². The third-order valence-corrected chi connectivity index (χ3v) is 6.03. The van der Waals surface area contributed by atoms with Crippen LogP contribution in [0.15, 0.2) is 0 Å². The number of carboxylic acids is 1. The van der Waals surface area contributed by atoms with Gasteiger partial charge in [0.2, 0.25) is 0 Å². The van der Waals surface area contributed by atoms with E-state index in [1.807, 2.05) is 0 Å². The number of rotatable bonds is 19. The van der Waals surface area contributed by atoms with Crippen LogP contribution in [0.2, 0.25) is 0 Å². The highest BCUT2D eigenvalue weighted by atomic mass is 31.1. The van der Waals surface area contributed by atoms with Gasteiger partial charge in [-0.25, -0.2) is 13.3 Å². The molecule has 0 fully saturated rings. The van der Waals surface area contributed by atoms with Gasteiger partial charge in [0.05, 0.1) is 12.7 Å². The fraction of sp³-hybridized carbons (Fsp3) is 0.952. The lowest BCUT2D eigenvalue weighted by molar-refractivity contribution is -0.137. The van der Waals surface area contributed by atoms with Crippen LogP contribution in [0.1, 0.15) is 117 Å². The van der Waals surface area contributed by atoms with Crippen LogP contribution >= 0.6 is 7.91 Å². The maximum Gasteiger partial charge on any atom is 0.683 e. The Morgan fingerprint density at radius 1 is 0.788 bits per heavy atom. The van der Waals surface area contributed by atoms with Crippen molar-refractivity contribution in [1.82, 2.24) is 0 Å². The van der Waals surface area contributed by atoms with Crippen molar-refractivity contribution in [2.75, 3.05) is 6.61 Å². The smallest absolute Gasteiger partial charge is 0.481 e. The monoisotopic (exact) mass is 518 g/mol. The average Bonchev–Trinajstić information content (AvgIpc) is 2.69. The highest BCUT2D eigenvalue weighted by Crippen LogP contribution is 2.13. The maximum atomic E-state index is 10.3. The summed E-state index contributed by atoms with van der Waals surface area (Å²) in [6, 6.07) is 0.